The van der Waals surface area contributed by atoms with E-state index in [1.54, 1.807) is 0 Å². The smallest absolute Gasteiger partial charge is 0.330 e. The van der Waals surface area contributed by atoms with Gasteiger partial charge in [-0.15, -0.1) is 0 Å². The Hall–Kier alpha value is -2.67. The van der Waals surface area contributed by atoms with Crippen LogP contribution in [-0.2, 0) is 19.1 Å². The second-order valence-corrected chi connectivity index (χ2v) is 14.6. The summed E-state index contributed by atoms with van der Waals surface area (Å²) in [6.45, 7) is 5.68. The fourth-order valence-electron chi connectivity index (χ4n) is 5.78. The van der Waals surface area contributed by atoms with Crippen LogP contribution in [0.3, 0.4) is 0 Å². The van der Waals surface area contributed by atoms with Crippen LogP contribution in [0.5, 0.6) is 0 Å². The van der Waals surface area contributed by atoms with Crippen molar-refractivity contribution < 1.29 is 19.1 Å². The molecule has 7 nitrogen and oxygen atoms in total. The first-order chi connectivity index (χ1) is 25.4. The highest BCUT2D eigenvalue weighted by molar-refractivity contribution is 5.85. The normalized spacial score (nSPS) is 12.6. The Kier molecular flexibility index (Phi) is 37.5. The van der Waals surface area contributed by atoms with Gasteiger partial charge >= 0.3 is 5.97 Å². The molecule has 0 aromatic carbocycles. The summed E-state index contributed by atoms with van der Waals surface area (Å²) in [4.78, 5) is 40.1. The molecule has 0 aromatic heterocycles. The summed E-state index contributed by atoms with van der Waals surface area (Å²) in [5, 5.41) is 5.68. The lowest BCUT2D eigenvalue weighted by atomic mass is 10.1. The van der Waals surface area contributed by atoms with Crippen LogP contribution in [0, 0.1) is 0 Å². The van der Waals surface area contributed by atoms with Gasteiger partial charge in [0.2, 0.25) is 11.8 Å². The molecule has 0 aromatic rings. The van der Waals surface area contributed by atoms with Gasteiger partial charge in [0.25, 0.3) is 0 Å². The molecule has 0 bridgehead atoms. The maximum absolute atomic E-state index is 13.0. The maximum atomic E-state index is 13.0. The van der Waals surface area contributed by atoms with Gasteiger partial charge in [-0.25, -0.2) is 4.79 Å². The van der Waals surface area contributed by atoms with Crippen LogP contribution in [0.25, 0.3) is 0 Å². The molecule has 0 spiro atoms. The van der Waals surface area contributed by atoms with Gasteiger partial charge in [-0.05, 0) is 104 Å². The SMILES string of the molecule is CCCCC/C=C\C/C=C\CCCCCCCCOC(=O)[C@H](CNC(=O)CCCN(C)C)NC(=O)CCCCCCC/C=C\C/C=C\CCCCC. The van der Waals surface area contributed by atoms with Crippen molar-refractivity contribution in [2.75, 3.05) is 33.8 Å². The Morgan fingerprint density at radius 2 is 0.981 bits per heavy atom. The number of esters is 1. The fourth-order valence-corrected chi connectivity index (χ4v) is 5.78. The highest BCUT2D eigenvalue weighted by atomic mass is 16.5. The van der Waals surface area contributed by atoms with Crippen molar-refractivity contribution >= 4 is 17.8 Å². The van der Waals surface area contributed by atoms with Crippen LogP contribution in [0.4, 0.5) is 0 Å². The Morgan fingerprint density at radius 3 is 1.48 bits per heavy atom. The quantitative estimate of drug-likeness (QED) is 0.0378. The van der Waals surface area contributed by atoms with Crippen LogP contribution in [-0.4, -0.2) is 62.5 Å². The molecular formula is C45H81N3O4. The van der Waals surface area contributed by atoms with Crippen molar-refractivity contribution in [3.8, 4) is 0 Å². The van der Waals surface area contributed by atoms with Crippen LogP contribution >= 0.6 is 0 Å². The molecule has 0 aliphatic carbocycles. The molecule has 2 N–H and O–H groups in total. The van der Waals surface area contributed by atoms with Crippen molar-refractivity contribution in [3.05, 3.63) is 48.6 Å². The molecule has 0 saturated heterocycles. The number of hydrogen-bond acceptors (Lipinski definition) is 5. The van der Waals surface area contributed by atoms with Gasteiger partial charge in [-0.2, -0.15) is 0 Å². The third-order valence-corrected chi connectivity index (χ3v) is 9.08. The van der Waals surface area contributed by atoms with Crippen molar-refractivity contribution in [1.29, 1.82) is 0 Å². The van der Waals surface area contributed by atoms with Crippen LogP contribution in [0.1, 0.15) is 181 Å². The van der Waals surface area contributed by atoms with Gasteiger partial charge in [0, 0.05) is 19.4 Å². The summed E-state index contributed by atoms with van der Waals surface area (Å²) in [5.41, 5.74) is 0. The van der Waals surface area contributed by atoms with Gasteiger partial charge in [0.15, 0.2) is 0 Å². The summed E-state index contributed by atoms with van der Waals surface area (Å²) in [6.07, 6.45) is 45.9. The number of allylic oxidation sites excluding steroid dienone is 8. The first kappa shape index (κ1) is 49.3. The Morgan fingerprint density at radius 1 is 0.538 bits per heavy atom. The average molecular weight is 728 g/mol. The monoisotopic (exact) mass is 728 g/mol. The largest absolute Gasteiger partial charge is 0.464 e. The predicted molar refractivity (Wildman–Crippen MR) is 222 cm³/mol. The molecule has 2 amide bonds. The third kappa shape index (κ3) is 37.1. The zero-order valence-electron chi connectivity index (χ0n) is 34.3. The summed E-state index contributed by atoms with van der Waals surface area (Å²) in [6, 6.07) is -0.868. The number of amides is 2. The highest BCUT2D eigenvalue weighted by Gasteiger charge is 2.23. The van der Waals surface area contributed by atoms with Crippen LogP contribution in [0.15, 0.2) is 48.6 Å². The summed E-state index contributed by atoms with van der Waals surface area (Å²) < 4.78 is 5.56. The average Bonchev–Trinajstić information content (AvgIpc) is 3.12. The zero-order chi connectivity index (χ0) is 38.2. The van der Waals surface area contributed by atoms with Crippen molar-refractivity contribution in [1.82, 2.24) is 15.5 Å². The van der Waals surface area contributed by atoms with Gasteiger partial charge in [0.05, 0.1) is 6.61 Å². The molecule has 0 fully saturated rings. The number of nitrogens with one attached hydrogen (secondary N) is 2. The van der Waals surface area contributed by atoms with Gasteiger partial charge in [-0.3, -0.25) is 9.59 Å². The van der Waals surface area contributed by atoms with Crippen molar-refractivity contribution in [3.63, 3.8) is 0 Å². The lowest BCUT2D eigenvalue weighted by Gasteiger charge is -2.19. The van der Waals surface area contributed by atoms with E-state index in [0.29, 0.717) is 19.4 Å². The number of hydrogen-bond donors (Lipinski definition) is 2. The Bertz CT molecular complexity index is 956. The number of ether oxygens (including phenoxy) is 1. The second kappa shape index (κ2) is 39.5. The van der Waals surface area contributed by atoms with Gasteiger partial charge in [0.1, 0.15) is 6.04 Å². The van der Waals surface area contributed by atoms with Crippen molar-refractivity contribution in [2.24, 2.45) is 0 Å². The minimum atomic E-state index is -0.868. The van der Waals surface area contributed by atoms with E-state index >= 15 is 0 Å². The Balaban J connectivity index is 4.28. The number of carbonyl (C=O) groups is 3. The standard InChI is InChI=1S/C45H81N3O4/c1-5-7-9-11-13-15-17-19-21-23-25-27-29-31-33-35-40-52-45(51)42(41-46-43(49)38-36-39-48(3)4)47-44(50)37-34-32-30-28-26-24-22-20-18-16-14-12-10-8-6-2/h13-16,19-22,42H,5-12,17-18,23-41H2,1-4H3,(H,46,49)(H,47,50)/b15-13-,16-14-,21-19-,22-20-/t42-/m0/s1. The number of carbonyl (C=O) groups excluding carboxylic acids is 3. The van der Waals surface area contributed by atoms with E-state index in [4.69, 9.17) is 4.74 Å². The highest BCUT2D eigenvalue weighted by Crippen LogP contribution is 2.10. The number of unbranched alkanes of at least 4 members (excludes halogenated alkanes) is 17. The summed E-state index contributed by atoms with van der Waals surface area (Å²) in [7, 11) is 3.95. The van der Waals surface area contributed by atoms with Gasteiger partial charge in [-0.1, -0.05) is 133 Å². The molecule has 0 radical (unpaired) electrons. The van der Waals surface area contributed by atoms with Crippen LogP contribution < -0.4 is 10.6 Å². The molecule has 1 atom stereocenters. The van der Waals surface area contributed by atoms with E-state index in [9.17, 15) is 14.4 Å². The van der Waals surface area contributed by atoms with E-state index in [-0.39, 0.29) is 18.4 Å². The Labute approximate surface area is 320 Å². The van der Waals surface area contributed by atoms with E-state index in [0.717, 1.165) is 83.6 Å². The molecule has 7 heteroatoms. The predicted octanol–water partition coefficient (Wildman–Crippen LogP) is 11.1. The van der Waals surface area contributed by atoms with Crippen LogP contribution in [0.2, 0.25) is 0 Å². The number of rotatable bonds is 37. The lowest BCUT2D eigenvalue weighted by molar-refractivity contribution is -0.148. The first-order valence-corrected chi connectivity index (χ1v) is 21.4. The minimum Gasteiger partial charge on any atom is -0.464 e. The zero-order valence-corrected chi connectivity index (χ0v) is 34.3. The third-order valence-electron chi connectivity index (χ3n) is 9.08. The minimum absolute atomic E-state index is 0.0528. The first-order valence-electron chi connectivity index (χ1n) is 21.4. The second-order valence-electron chi connectivity index (χ2n) is 14.6. The molecule has 0 aliphatic heterocycles. The summed E-state index contributed by atoms with van der Waals surface area (Å²) in [5.74, 6) is -0.750. The van der Waals surface area contributed by atoms with Crippen molar-refractivity contribution in [2.45, 2.75) is 187 Å². The summed E-state index contributed by atoms with van der Waals surface area (Å²) >= 11 is 0. The molecule has 300 valence electrons. The molecule has 52 heavy (non-hydrogen) atoms. The maximum Gasteiger partial charge on any atom is 0.330 e. The molecule has 0 aliphatic rings. The number of nitrogens with zero attached hydrogens (tertiary/aromatic N) is 1. The van der Waals surface area contributed by atoms with Gasteiger partial charge < -0.3 is 20.3 Å². The molecule has 0 unspecified atom stereocenters. The molecule has 0 heterocycles. The molecule has 0 saturated carbocycles. The molecular weight excluding hydrogens is 647 g/mol. The van der Waals surface area contributed by atoms with E-state index in [2.05, 4.69) is 73.1 Å². The van der Waals surface area contributed by atoms with E-state index < -0.39 is 12.0 Å². The van der Waals surface area contributed by atoms with E-state index in [1.807, 2.05) is 19.0 Å². The topological polar surface area (TPSA) is 87.7 Å². The lowest BCUT2D eigenvalue weighted by Crippen LogP contribution is -2.49. The molecule has 0 rings (SSSR count). The van der Waals surface area contributed by atoms with E-state index in [1.165, 1.54) is 77.0 Å². The fraction of sp³-hybridized carbons (Fsp3) is 0.756.